The molecule has 0 amide bonds. The van der Waals surface area contributed by atoms with E-state index < -0.39 is 0 Å². The van der Waals surface area contributed by atoms with Crippen molar-refractivity contribution in [3.8, 4) is 5.88 Å². The first kappa shape index (κ1) is 15.0. The number of rotatable bonds is 4. The number of ether oxygens (including phenoxy) is 1. The summed E-state index contributed by atoms with van der Waals surface area (Å²) in [7, 11) is 1.64. The minimum Gasteiger partial charge on any atom is -0.481 e. The molecular weight excluding hydrogens is 296 g/mol. The van der Waals surface area contributed by atoms with E-state index in [2.05, 4.69) is 27.0 Å². The Labute approximate surface area is 134 Å². The zero-order valence-corrected chi connectivity index (χ0v) is 13.5. The van der Waals surface area contributed by atoms with Crippen LogP contribution in [0.4, 0.5) is 5.13 Å². The van der Waals surface area contributed by atoms with Gasteiger partial charge in [0.1, 0.15) is 0 Å². The lowest BCUT2D eigenvalue weighted by Crippen LogP contribution is -2.26. The van der Waals surface area contributed by atoms with Crippen LogP contribution >= 0.6 is 11.3 Å². The number of nitrogens with zero attached hydrogens (tertiary/aromatic N) is 3. The summed E-state index contributed by atoms with van der Waals surface area (Å²) in [6, 6.07) is 3.93. The number of fused-ring (bicyclic) bond motifs is 1. The molecule has 0 radical (unpaired) electrons. The van der Waals surface area contributed by atoms with E-state index in [1.165, 1.54) is 10.6 Å². The Morgan fingerprint density at radius 2 is 2.27 bits per heavy atom. The average molecular weight is 316 g/mol. The summed E-state index contributed by atoms with van der Waals surface area (Å²) in [5, 5.41) is 0.696. The minimum atomic E-state index is 0.663. The van der Waals surface area contributed by atoms with Crippen molar-refractivity contribution in [3.05, 3.63) is 40.5 Å². The average Bonchev–Trinajstić information content (AvgIpc) is 2.79. The fraction of sp³-hybridized carbons (Fsp3) is 0.375. The Morgan fingerprint density at radius 1 is 1.41 bits per heavy atom. The smallest absolute Gasteiger partial charge is 0.220 e. The Kier molecular flexibility index (Phi) is 4.70. The number of aromatic nitrogens is 2. The van der Waals surface area contributed by atoms with Gasteiger partial charge < -0.3 is 10.5 Å². The van der Waals surface area contributed by atoms with E-state index in [1.54, 1.807) is 24.6 Å². The second kappa shape index (κ2) is 6.89. The van der Waals surface area contributed by atoms with Crippen LogP contribution in [0.3, 0.4) is 0 Å². The fourth-order valence-electron chi connectivity index (χ4n) is 2.64. The van der Waals surface area contributed by atoms with Gasteiger partial charge in [-0.05, 0) is 18.6 Å². The molecule has 0 atom stereocenters. The molecule has 0 saturated carbocycles. The number of nitrogen functional groups attached to an aromatic ring is 1. The molecular formula is C16H20N4OS. The summed E-state index contributed by atoms with van der Waals surface area (Å²) in [6.45, 7) is 2.98. The third-order valence-corrected chi connectivity index (χ3v) is 4.76. The Balaban J connectivity index is 1.58. The molecule has 0 unspecified atom stereocenters. The topological polar surface area (TPSA) is 64.3 Å². The minimum absolute atomic E-state index is 0.663. The molecule has 0 saturated heterocycles. The van der Waals surface area contributed by atoms with E-state index in [0.29, 0.717) is 11.0 Å². The molecule has 0 bridgehead atoms. The molecule has 1 aliphatic heterocycles. The molecule has 3 heterocycles. The second-order valence-electron chi connectivity index (χ2n) is 5.23. The van der Waals surface area contributed by atoms with Gasteiger partial charge in [-0.1, -0.05) is 12.2 Å². The van der Waals surface area contributed by atoms with E-state index >= 15 is 0 Å². The second-order valence-corrected chi connectivity index (χ2v) is 6.34. The SMILES string of the molecule is COc1ncccc1/C=C/CN1CCc2nc(N)sc2CC1. The highest BCUT2D eigenvalue weighted by Gasteiger charge is 2.16. The van der Waals surface area contributed by atoms with Crippen molar-refractivity contribution in [2.45, 2.75) is 12.8 Å². The van der Waals surface area contributed by atoms with Crippen LogP contribution in [0.15, 0.2) is 24.4 Å². The summed E-state index contributed by atoms with van der Waals surface area (Å²) in [5.41, 5.74) is 7.97. The molecule has 22 heavy (non-hydrogen) atoms. The molecule has 2 N–H and O–H groups in total. The molecule has 5 nitrogen and oxygen atoms in total. The molecule has 6 heteroatoms. The predicted octanol–water partition coefficient (Wildman–Crippen LogP) is 2.24. The molecule has 116 valence electrons. The van der Waals surface area contributed by atoms with Crippen LogP contribution < -0.4 is 10.5 Å². The van der Waals surface area contributed by atoms with E-state index in [9.17, 15) is 0 Å². The van der Waals surface area contributed by atoms with Gasteiger partial charge in [0.25, 0.3) is 0 Å². The van der Waals surface area contributed by atoms with Gasteiger partial charge in [-0.15, -0.1) is 11.3 Å². The van der Waals surface area contributed by atoms with Crippen LogP contribution in [0.1, 0.15) is 16.1 Å². The van der Waals surface area contributed by atoms with Crippen LogP contribution in [0, 0.1) is 0 Å². The van der Waals surface area contributed by atoms with E-state index in [1.807, 2.05) is 12.1 Å². The van der Waals surface area contributed by atoms with Crippen LogP contribution in [-0.2, 0) is 12.8 Å². The first-order chi connectivity index (χ1) is 10.8. The van der Waals surface area contributed by atoms with Gasteiger partial charge in [0.05, 0.1) is 12.8 Å². The zero-order chi connectivity index (χ0) is 15.4. The van der Waals surface area contributed by atoms with Gasteiger partial charge in [-0.2, -0.15) is 0 Å². The highest BCUT2D eigenvalue weighted by Crippen LogP contribution is 2.24. The van der Waals surface area contributed by atoms with Crippen molar-refractivity contribution >= 4 is 22.5 Å². The summed E-state index contributed by atoms with van der Waals surface area (Å²) >= 11 is 1.63. The first-order valence-electron chi connectivity index (χ1n) is 7.38. The number of anilines is 1. The number of thiazole rings is 1. The maximum atomic E-state index is 5.78. The summed E-state index contributed by atoms with van der Waals surface area (Å²) in [5.74, 6) is 0.663. The standard InChI is InChI=1S/C16H20N4OS/c1-21-15-12(4-2-8-18-15)5-3-9-20-10-6-13-14(7-11-20)22-16(17)19-13/h2-5,8H,6-7,9-11H2,1H3,(H2,17,19)/b5-3+. The van der Waals surface area contributed by atoms with Crippen molar-refractivity contribution in [1.29, 1.82) is 0 Å². The molecule has 0 aromatic carbocycles. The third-order valence-electron chi connectivity index (χ3n) is 3.77. The van der Waals surface area contributed by atoms with Gasteiger partial charge in [-0.3, -0.25) is 4.90 Å². The van der Waals surface area contributed by atoms with Crippen molar-refractivity contribution < 1.29 is 4.74 Å². The first-order valence-corrected chi connectivity index (χ1v) is 8.20. The highest BCUT2D eigenvalue weighted by molar-refractivity contribution is 7.15. The lowest BCUT2D eigenvalue weighted by Gasteiger charge is -2.17. The van der Waals surface area contributed by atoms with Gasteiger partial charge in [0.15, 0.2) is 5.13 Å². The highest BCUT2D eigenvalue weighted by atomic mass is 32.1. The lowest BCUT2D eigenvalue weighted by molar-refractivity contribution is 0.318. The zero-order valence-electron chi connectivity index (χ0n) is 12.7. The number of nitrogens with two attached hydrogens (primary N) is 1. The van der Waals surface area contributed by atoms with Gasteiger partial charge in [-0.25, -0.2) is 9.97 Å². The number of methoxy groups -OCH3 is 1. The van der Waals surface area contributed by atoms with Crippen molar-refractivity contribution in [2.75, 3.05) is 32.5 Å². The van der Waals surface area contributed by atoms with Gasteiger partial charge in [0, 0.05) is 42.7 Å². The summed E-state index contributed by atoms with van der Waals surface area (Å²) in [6.07, 6.45) is 7.99. The number of hydrogen-bond donors (Lipinski definition) is 1. The lowest BCUT2D eigenvalue weighted by atomic mass is 10.2. The van der Waals surface area contributed by atoms with Gasteiger partial charge >= 0.3 is 0 Å². The molecule has 2 aromatic heterocycles. The van der Waals surface area contributed by atoms with E-state index in [4.69, 9.17) is 10.5 Å². The summed E-state index contributed by atoms with van der Waals surface area (Å²) in [4.78, 5) is 12.4. The predicted molar refractivity (Wildman–Crippen MR) is 90.2 cm³/mol. The van der Waals surface area contributed by atoms with E-state index in [-0.39, 0.29) is 0 Å². The molecule has 2 aromatic rings. The van der Waals surface area contributed by atoms with Crippen LogP contribution in [-0.4, -0.2) is 41.6 Å². The van der Waals surface area contributed by atoms with Crippen molar-refractivity contribution in [3.63, 3.8) is 0 Å². The fourth-order valence-corrected chi connectivity index (χ4v) is 3.51. The maximum Gasteiger partial charge on any atom is 0.220 e. The Bertz CT molecular complexity index is 642. The Morgan fingerprint density at radius 3 is 3.14 bits per heavy atom. The quantitative estimate of drug-likeness (QED) is 0.937. The van der Waals surface area contributed by atoms with Crippen LogP contribution in [0.2, 0.25) is 0 Å². The van der Waals surface area contributed by atoms with Crippen LogP contribution in [0.5, 0.6) is 5.88 Å². The third kappa shape index (κ3) is 3.45. The van der Waals surface area contributed by atoms with Crippen LogP contribution in [0.25, 0.3) is 6.08 Å². The molecule has 0 fully saturated rings. The Hall–Kier alpha value is -1.92. The normalized spacial score (nSPS) is 15.7. The molecule has 0 spiro atoms. The van der Waals surface area contributed by atoms with Crippen molar-refractivity contribution in [1.82, 2.24) is 14.9 Å². The number of pyridine rings is 1. The van der Waals surface area contributed by atoms with E-state index in [0.717, 1.165) is 38.0 Å². The van der Waals surface area contributed by atoms with Gasteiger partial charge in [0.2, 0.25) is 5.88 Å². The largest absolute Gasteiger partial charge is 0.481 e. The van der Waals surface area contributed by atoms with Crippen molar-refractivity contribution in [2.24, 2.45) is 0 Å². The summed E-state index contributed by atoms with van der Waals surface area (Å²) < 4.78 is 5.26. The molecule has 3 rings (SSSR count). The molecule has 0 aliphatic carbocycles. The molecule has 1 aliphatic rings. The maximum absolute atomic E-state index is 5.78. The number of hydrogen-bond acceptors (Lipinski definition) is 6. The monoisotopic (exact) mass is 316 g/mol.